The summed E-state index contributed by atoms with van der Waals surface area (Å²) >= 11 is 2.75. The van der Waals surface area contributed by atoms with Gasteiger partial charge >= 0.3 is 127 Å². The summed E-state index contributed by atoms with van der Waals surface area (Å²) in [7, 11) is 0. The van der Waals surface area contributed by atoms with Crippen molar-refractivity contribution in [1.29, 1.82) is 0 Å². The van der Waals surface area contributed by atoms with Crippen molar-refractivity contribution in [3.05, 3.63) is 47.7 Å². The Bertz CT molecular complexity index is 599. The Labute approximate surface area is 134 Å². The molecule has 0 aliphatic carbocycles. The van der Waals surface area contributed by atoms with Crippen LogP contribution in [0, 0.1) is 6.92 Å². The molecule has 0 amide bonds. The molecule has 1 unspecified atom stereocenters. The molecular formula is C16H19AsN4. The van der Waals surface area contributed by atoms with Crippen LogP contribution >= 0.6 is 0 Å². The van der Waals surface area contributed by atoms with Crippen molar-refractivity contribution in [1.82, 2.24) is 10.2 Å². The Hall–Kier alpha value is -1.54. The van der Waals surface area contributed by atoms with Crippen molar-refractivity contribution < 1.29 is 0 Å². The van der Waals surface area contributed by atoms with Gasteiger partial charge in [-0.3, -0.25) is 0 Å². The summed E-state index contributed by atoms with van der Waals surface area (Å²) < 4.78 is 0.703. The summed E-state index contributed by atoms with van der Waals surface area (Å²) in [5, 5.41) is 11.6. The topological polar surface area (TPSA) is 41.0 Å². The summed E-state index contributed by atoms with van der Waals surface area (Å²) in [6, 6.07) is 10.6. The molecule has 1 aliphatic rings. The Morgan fingerprint density at radius 2 is 2.14 bits per heavy atom. The van der Waals surface area contributed by atoms with E-state index in [4.69, 9.17) is 0 Å². The van der Waals surface area contributed by atoms with Crippen LogP contribution in [-0.2, 0) is 6.54 Å². The number of aryl methyl sites for hydroxylation is 1. The molecule has 1 fully saturated rings. The van der Waals surface area contributed by atoms with Crippen LogP contribution in [0.15, 0.2) is 36.5 Å². The van der Waals surface area contributed by atoms with Crippen LogP contribution in [0.5, 0.6) is 0 Å². The molecule has 2 heterocycles. The average molecular weight is 342 g/mol. The fraction of sp³-hybridized carbons (Fsp3) is 0.375. The van der Waals surface area contributed by atoms with Crippen LogP contribution in [0.1, 0.15) is 17.5 Å². The second kappa shape index (κ2) is 6.48. The number of hydrogen-bond acceptors (Lipinski definition) is 4. The molecule has 4 nitrogen and oxygen atoms in total. The number of hydrogen-bond donors (Lipinski definition) is 1. The number of rotatable bonds is 4. The maximum absolute atomic E-state index is 4.17. The molecular weight excluding hydrogens is 323 g/mol. The van der Waals surface area contributed by atoms with E-state index in [0.717, 1.165) is 31.1 Å². The van der Waals surface area contributed by atoms with Gasteiger partial charge in [0.1, 0.15) is 0 Å². The summed E-state index contributed by atoms with van der Waals surface area (Å²) in [6.45, 7) is 5.05. The second-order valence-corrected chi connectivity index (χ2v) is 7.06. The predicted octanol–water partition coefficient (Wildman–Crippen LogP) is 2.56. The van der Waals surface area contributed by atoms with Gasteiger partial charge in [-0.25, -0.2) is 0 Å². The van der Waals surface area contributed by atoms with Crippen molar-refractivity contribution in [3.63, 3.8) is 0 Å². The molecule has 1 aromatic heterocycles. The van der Waals surface area contributed by atoms with Crippen molar-refractivity contribution >= 4 is 28.4 Å². The van der Waals surface area contributed by atoms with E-state index in [0.29, 0.717) is 4.71 Å². The van der Waals surface area contributed by atoms with Gasteiger partial charge in [-0.15, -0.1) is 0 Å². The van der Waals surface area contributed by atoms with Gasteiger partial charge in [-0.2, -0.15) is 0 Å². The van der Waals surface area contributed by atoms with Crippen LogP contribution in [0.4, 0.5) is 11.5 Å². The number of nitrogens with one attached hydrogen (secondary N) is 1. The van der Waals surface area contributed by atoms with Crippen molar-refractivity contribution in [3.8, 4) is 0 Å². The van der Waals surface area contributed by atoms with E-state index in [1.165, 1.54) is 17.5 Å². The third kappa shape index (κ3) is 3.76. The molecule has 5 heteroatoms. The van der Waals surface area contributed by atoms with Gasteiger partial charge in [0.15, 0.2) is 0 Å². The Balaban J connectivity index is 1.64. The van der Waals surface area contributed by atoms with E-state index in [9.17, 15) is 0 Å². The average Bonchev–Trinajstić information content (AvgIpc) is 2.94. The number of aromatic nitrogens is 2. The fourth-order valence-electron chi connectivity index (χ4n) is 2.49. The van der Waals surface area contributed by atoms with E-state index in [2.05, 4.69) is 74.5 Å². The van der Waals surface area contributed by atoms with Gasteiger partial charge in [0.2, 0.25) is 0 Å². The maximum atomic E-state index is 4.17. The molecule has 1 saturated heterocycles. The zero-order valence-corrected chi connectivity index (χ0v) is 14.0. The third-order valence-electron chi connectivity index (χ3n) is 3.76. The van der Waals surface area contributed by atoms with Crippen molar-refractivity contribution in [2.45, 2.75) is 24.6 Å². The molecule has 21 heavy (non-hydrogen) atoms. The van der Waals surface area contributed by atoms with Gasteiger partial charge in [-0.1, -0.05) is 0 Å². The second-order valence-electron chi connectivity index (χ2n) is 5.53. The standard InChI is InChI=1S/C16H19AsN4/c1-12-2-4-13(5-3-12)9-18-16-8-15(10-19-20-16)21-7-6-14(17)11-21/h2-5,8,10,14H,6-7,9,11H2,1H3,(H,18,20). The fourth-order valence-corrected chi connectivity index (χ4v) is 3.15. The molecule has 2 aromatic rings. The van der Waals surface area contributed by atoms with Gasteiger partial charge < -0.3 is 0 Å². The molecule has 2 radical (unpaired) electrons. The molecule has 1 aromatic carbocycles. The van der Waals surface area contributed by atoms with Gasteiger partial charge in [0.05, 0.1) is 0 Å². The first-order valence-corrected chi connectivity index (χ1v) is 8.34. The summed E-state index contributed by atoms with van der Waals surface area (Å²) in [5.74, 6) is 0.835. The zero-order valence-electron chi connectivity index (χ0n) is 12.2. The third-order valence-corrected chi connectivity index (χ3v) is 4.65. The summed E-state index contributed by atoms with van der Waals surface area (Å²) in [5.41, 5.74) is 3.69. The normalized spacial score (nSPS) is 18.0. The van der Waals surface area contributed by atoms with Crippen LogP contribution < -0.4 is 10.2 Å². The van der Waals surface area contributed by atoms with E-state index in [-0.39, 0.29) is 0 Å². The minimum atomic E-state index is 0.703. The molecule has 1 atom stereocenters. The Kier molecular flexibility index (Phi) is 4.44. The van der Waals surface area contributed by atoms with E-state index in [1.54, 1.807) is 0 Å². The predicted molar refractivity (Wildman–Crippen MR) is 86.9 cm³/mol. The number of benzene rings is 1. The molecule has 1 aliphatic heterocycles. The van der Waals surface area contributed by atoms with Crippen molar-refractivity contribution in [2.24, 2.45) is 0 Å². The molecule has 0 bridgehead atoms. The molecule has 1 N–H and O–H groups in total. The van der Waals surface area contributed by atoms with Crippen LogP contribution in [0.2, 0.25) is 4.71 Å². The minimum absolute atomic E-state index is 0.703. The monoisotopic (exact) mass is 342 g/mol. The zero-order chi connectivity index (χ0) is 14.7. The van der Waals surface area contributed by atoms with Crippen LogP contribution in [0.25, 0.3) is 0 Å². The first-order valence-electron chi connectivity index (χ1n) is 7.26. The van der Waals surface area contributed by atoms with Crippen LogP contribution in [0.3, 0.4) is 0 Å². The number of anilines is 2. The first-order chi connectivity index (χ1) is 10.2. The Morgan fingerprint density at radius 1 is 1.33 bits per heavy atom. The van der Waals surface area contributed by atoms with E-state index in [1.807, 2.05) is 6.20 Å². The summed E-state index contributed by atoms with van der Waals surface area (Å²) in [6.07, 6.45) is 3.08. The van der Waals surface area contributed by atoms with Crippen LogP contribution in [-0.4, -0.2) is 40.1 Å². The molecule has 0 saturated carbocycles. The van der Waals surface area contributed by atoms with E-state index < -0.39 is 0 Å². The number of nitrogens with zero attached hydrogens (tertiary/aromatic N) is 3. The van der Waals surface area contributed by atoms with Gasteiger partial charge in [0.25, 0.3) is 0 Å². The SMILES string of the molecule is Cc1ccc(CNc2cc(N3CCC([As])C3)cnn2)cc1. The van der Waals surface area contributed by atoms with Gasteiger partial charge in [0, 0.05) is 0 Å². The molecule has 3 rings (SSSR count). The molecule has 0 spiro atoms. The van der Waals surface area contributed by atoms with Crippen molar-refractivity contribution in [2.75, 3.05) is 23.3 Å². The Morgan fingerprint density at radius 3 is 2.86 bits per heavy atom. The first kappa shape index (κ1) is 14.4. The van der Waals surface area contributed by atoms with Gasteiger partial charge in [-0.05, 0) is 6.92 Å². The van der Waals surface area contributed by atoms with E-state index >= 15 is 0 Å². The molecule has 108 valence electrons. The quantitative estimate of drug-likeness (QED) is 0.867. The summed E-state index contributed by atoms with van der Waals surface area (Å²) in [4.78, 5) is 2.37.